The summed E-state index contributed by atoms with van der Waals surface area (Å²) in [6.45, 7) is 3.88. The van der Waals surface area contributed by atoms with Crippen molar-refractivity contribution in [2.24, 2.45) is 0 Å². The molecule has 0 aromatic rings. The summed E-state index contributed by atoms with van der Waals surface area (Å²) in [5.41, 5.74) is 0. The molecule has 1 atom stereocenters. The Hall–Kier alpha value is -0.180. The normalized spacial score (nSPS) is 28.1. The van der Waals surface area contributed by atoms with Crippen LogP contribution in [0.4, 0.5) is 0 Å². The minimum absolute atomic E-state index is 0.597. The molecule has 1 heterocycles. The molecule has 0 saturated carbocycles. The van der Waals surface area contributed by atoms with E-state index in [9.17, 15) is 4.79 Å². The Balaban J connectivity index is 2.31. The van der Waals surface area contributed by atoms with E-state index in [0.29, 0.717) is 5.25 Å². The molecule has 0 aliphatic carbocycles. The molecule has 3 heteroatoms. The maximum absolute atomic E-state index is 10.1. The summed E-state index contributed by atoms with van der Waals surface area (Å²) in [5.74, 6) is 1.07. The molecule has 1 unspecified atom stereocenters. The lowest BCUT2D eigenvalue weighted by Crippen LogP contribution is -2.35. The predicted octanol–water partition coefficient (Wildman–Crippen LogP) is 0.491. The molecule has 1 saturated heterocycles. The molecule has 0 aromatic carbocycles. The number of hydrogen-bond donors (Lipinski definition) is 0. The van der Waals surface area contributed by atoms with Gasteiger partial charge in [-0.2, -0.15) is 11.8 Å². The lowest BCUT2D eigenvalue weighted by molar-refractivity contribution is 0.391. The molecule has 0 spiro atoms. The van der Waals surface area contributed by atoms with Crippen LogP contribution < -0.4 is 0 Å². The van der Waals surface area contributed by atoms with Gasteiger partial charge in [-0.15, -0.1) is 0 Å². The molecule has 1 amide bonds. The first kappa shape index (κ1) is 6.93. The molecule has 0 bridgehead atoms. The molecule has 1 fully saturated rings. The second-order valence-corrected chi connectivity index (χ2v) is 3.77. The molecule has 1 radical (unpaired) electrons. The van der Waals surface area contributed by atoms with Gasteiger partial charge in [0.25, 0.3) is 0 Å². The second kappa shape index (κ2) is 3.11. The van der Waals surface area contributed by atoms with E-state index in [-0.39, 0.29) is 0 Å². The summed E-state index contributed by atoms with van der Waals surface area (Å²) in [6.07, 6.45) is 1.90. The van der Waals surface area contributed by atoms with Gasteiger partial charge >= 0.3 is 6.41 Å². The average molecular weight is 144 g/mol. The smallest absolute Gasteiger partial charge is 0.312 e. The van der Waals surface area contributed by atoms with Gasteiger partial charge in [-0.25, -0.2) is 0 Å². The first-order valence-corrected chi connectivity index (χ1v) is 4.12. The number of hydrogen-bond acceptors (Lipinski definition) is 2. The van der Waals surface area contributed by atoms with Gasteiger partial charge in [-0.05, 0) is 0 Å². The zero-order valence-electron chi connectivity index (χ0n) is 5.46. The number of rotatable bonds is 1. The van der Waals surface area contributed by atoms with Crippen LogP contribution in [0.25, 0.3) is 0 Å². The Labute approximate surface area is 59.6 Å². The average Bonchev–Trinajstić information content (AvgIpc) is 1.88. The highest BCUT2D eigenvalue weighted by Gasteiger charge is 2.14. The Bertz CT molecular complexity index is 107. The number of thioether (sulfide) groups is 1. The number of nitrogens with zero attached hydrogens (tertiary/aromatic N) is 1. The second-order valence-electron chi connectivity index (χ2n) is 2.22. The fourth-order valence-electron chi connectivity index (χ4n) is 0.901. The van der Waals surface area contributed by atoms with Crippen molar-refractivity contribution in [3.05, 3.63) is 0 Å². The predicted molar refractivity (Wildman–Crippen MR) is 39.2 cm³/mol. The van der Waals surface area contributed by atoms with Crippen molar-refractivity contribution in [1.82, 2.24) is 4.90 Å². The van der Waals surface area contributed by atoms with Crippen LogP contribution in [0.3, 0.4) is 0 Å². The largest absolute Gasteiger partial charge is 0.333 e. The van der Waals surface area contributed by atoms with Crippen LogP contribution in [0.5, 0.6) is 0 Å². The maximum atomic E-state index is 10.1. The van der Waals surface area contributed by atoms with Gasteiger partial charge < -0.3 is 4.90 Å². The highest BCUT2D eigenvalue weighted by atomic mass is 32.2. The van der Waals surface area contributed by atoms with Crippen LogP contribution in [0.15, 0.2) is 0 Å². The third kappa shape index (κ3) is 1.90. The summed E-state index contributed by atoms with van der Waals surface area (Å²) in [5, 5.41) is 0.597. The third-order valence-electron chi connectivity index (χ3n) is 1.37. The van der Waals surface area contributed by atoms with Crippen molar-refractivity contribution in [3.8, 4) is 0 Å². The molecule has 2 nitrogen and oxygen atoms in total. The lowest BCUT2D eigenvalue weighted by atomic mass is 10.4. The molecule has 1 aliphatic heterocycles. The number of carbonyl (C=O) groups excluding carboxylic acids is 1. The van der Waals surface area contributed by atoms with E-state index >= 15 is 0 Å². The molecule has 1 rings (SSSR count). The van der Waals surface area contributed by atoms with Crippen LogP contribution in [-0.2, 0) is 4.79 Å². The SMILES string of the molecule is CC1CN([C]=O)CCS1. The Morgan fingerprint density at radius 2 is 2.56 bits per heavy atom. The van der Waals surface area contributed by atoms with E-state index in [2.05, 4.69) is 6.92 Å². The van der Waals surface area contributed by atoms with Crippen molar-refractivity contribution in [2.45, 2.75) is 12.2 Å². The zero-order valence-corrected chi connectivity index (χ0v) is 6.28. The van der Waals surface area contributed by atoms with Crippen LogP contribution in [-0.4, -0.2) is 35.4 Å². The summed E-state index contributed by atoms with van der Waals surface area (Å²) >= 11 is 1.92. The first-order valence-electron chi connectivity index (χ1n) is 3.07. The van der Waals surface area contributed by atoms with Gasteiger partial charge in [0.05, 0.1) is 0 Å². The standard InChI is InChI=1S/C6H10NOS/c1-6-4-7(5-8)2-3-9-6/h6H,2-4H2,1H3. The Morgan fingerprint density at radius 3 is 3.00 bits per heavy atom. The summed E-state index contributed by atoms with van der Waals surface area (Å²) < 4.78 is 0. The van der Waals surface area contributed by atoms with E-state index in [4.69, 9.17) is 0 Å². The van der Waals surface area contributed by atoms with Gasteiger partial charge in [0.15, 0.2) is 0 Å². The third-order valence-corrected chi connectivity index (χ3v) is 2.51. The van der Waals surface area contributed by atoms with Crippen molar-refractivity contribution < 1.29 is 4.79 Å². The number of amides is 1. The fraction of sp³-hybridized carbons (Fsp3) is 0.833. The van der Waals surface area contributed by atoms with Crippen molar-refractivity contribution in [2.75, 3.05) is 18.8 Å². The van der Waals surface area contributed by atoms with E-state index in [1.807, 2.05) is 18.2 Å². The van der Waals surface area contributed by atoms with E-state index in [1.165, 1.54) is 0 Å². The molecule has 0 N–H and O–H groups in total. The van der Waals surface area contributed by atoms with Gasteiger partial charge in [0, 0.05) is 24.1 Å². The van der Waals surface area contributed by atoms with Crippen molar-refractivity contribution in [3.63, 3.8) is 0 Å². The molecular formula is C6H10NOS. The molecule has 51 valence electrons. The van der Waals surface area contributed by atoms with E-state index in [1.54, 1.807) is 4.90 Å². The highest BCUT2D eigenvalue weighted by Crippen LogP contribution is 2.15. The van der Waals surface area contributed by atoms with Gasteiger partial charge in [-0.3, -0.25) is 4.79 Å². The van der Waals surface area contributed by atoms with Gasteiger partial charge in [0.1, 0.15) is 0 Å². The summed E-state index contributed by atoms with van der Waals surface area (Å²) in [6, 6.07) is 0. The minimum Gasteiger partial charge on any atom is -0.333 e. The van der Waals surface area contributed by atoms with Crippen molar-refractivity contribution in [1.29, 1.82) is 0 Å². The molecule has 1 aliphatic rings. The van der Waals surface area contributed by atoms with E-state index in [0.717, 1.165) is 18.8 Å². The monoisotopic (exact) mass is 144 g/mol. The maximum Gasteiger partial charge on any atom is 0.312 e. The lowest BCUT2D eigenvalue weighted by Gasteiger charge is -2.25. The van der Waals surface area contributed by atoms with Crippen molar-refractivity contribution >= 4 is 18.2 Å². The van der Waals surface area contributed by atoms with Gasteiger partial charge in [0.2, 0.25) is 0 Å². The van der Waals surface area contributed by atoms with Crippen LogP contribution in [0.1, 0.15) is 6.92 Å². The molecular weight excluding hydrogens is 134 g/mol. The van der Waals surface area contributed by atoms with Gasteiger partial charge in [-0.1, -0.05) is 6.92 Å². The fourth-order valence-corrected chi connectivity index (χ4v) is 1.91. The topological polar surface area (TPSA) is 20.3 Å². The van der Waals surface area contributed by atoms with E-state index < -0.39 is 0 Å². The highest BCUT2D eigenvalue weighted by molar-refractivity contribution is 7.99. The first-order chi connectivity index (χ1) is 4.33. The summed E-state index contributed by atoms with van der Waals surface area (Å²) in [4.78, 5) is 11.8. The van der Waals surface area contributed by atoms with Crippen LogP contribution in [0, 0.1) is 0 Å². The molecule has 9 heavy (non-hydrogen) atoms. The van der Waals surface area contributed by atoms with Crippen LogP contribution >= 0.6 is 11.8 Å². The quantitative estimate of drug-likeness (QED) is 0.534. The zero-order chi connectivity index (χ0) is 6.69. The minimum atomic E-state index is 0.597. The van der Waals surface area contributed by atoms with Crippen LogP contribution in [0.2, 0.25) is 0 Å². The molecule has 0 aromatic heterocycles. The summed E-state index contributed by atoms with van der Waals surface area (Å²) in [7, 11) is 0. The Morgan fingerprint density at radius 1 is 1.78 bits per heavy atom. The Kier molecular flexibility index (Phi) is 2.39.